The standard InChI is InChI=1S/C12H19N3.BrH/c1-3-5-10-15-12-9-7-6-8-11(12)14(4-2)13-15;/h6-9,13H,3-5,10H2,1-2H3;1H. The van der Waals surface area contributed by atoms with Gasteiger partial charge in [-0.2, -0.15) is 0 Å². The molecule has 1 aliphatic heterocycles. The van der Waals surface area contributed by atoms with Crippen molar-refractivity contribution < 1.29 is 0 Å². The number of halogens is 1. The lowest BCUT2D eigenvalue weighted by Gasteiger charge is -2.21. The highest BCUT2D eigenvalue weighted by atomic mass is 79.9. The average Bonchev–Trinajstić information content (AvgIpc) is 2.65. The molecule has 1 aromatic rings. The van der Waals surface area contributed by atoms with E-state index in [2.05, 4.69) is 53.7 Å². The van der Waals surface area contributed by atoms with Crippen LogP contribution in [0, 0.1) is 0 Å². The van der Waals surface area contributed by atoms with Gasteiger partial charge in [0.15, 0.2) is 0 Å². The van der Waals surface area contributed by atoms with Crippen LogP contribution in [0.25, 0.3) is 0 Å². The van der Waals surface area contributed by atoms with Crippen LogP contribution in [0.2, 0.25) is 0 Å². The first kappa shape index (κ1) is 13.3. The van der Waals surface area contributed by atoms with E-state index < -0.39 is 0 Å². The summed E-state index contributed by atoms with van der Waals surface area (Å²) in [5.41, 5.74) is 5.99. The Kier molecular flexibility index (Phi) is 5.09. The topological polar surface area (TPSA) is 18.5 Å². The second kappa shape index (κ2) is 6.11. The molecular formula is C12H20BrN3. The minimum absolute atomic E-state index is 0. The molecule has 3 nitrogen and oxygen atoms in total. The van der Waals surface area contributed by atoms with E-state index in [0.29, 0.717) is 0 Å². The Morgan fingerprint density at radius 3 is 2.25 bits per heavy atom. The lowest BCUT2D eigenvalue weighted by molar-refractivity contribution is 0.602. The summed E-state index contributed by atoms with van der Waals surface area (Å²) in [4.78, 5) is 0. The number of para-hydroxylation sites is 2. The van der Waals surface area contributed by atoms with Crippen molar-refractivity contribution in [3.63, 3.8) is 0 Å². The maximum Gasteiger partial charge on any atom is 0.0785 e. The van der Waals surface area contributed by atoms with Gasteiger partial charge in [-0.1, -0.05) is 25.5 Å². The van der Waals surface area contributed by atoms with E-state index in [9.17, 15) is 0 Å². The molecule has 0 saturated carbocycles. The van der Waals surface area contributed by atoms with Crippen LogP contribution in [0.5, 0.6) is 0 Å². The van der Waals surface area contributed by atoms with Crippen LogP contribution in [0.15, 0.2) is 24.3 Å². The highest BCUT2D eigenvalue weighted by molar-refractivity contribution is 8.93. The molecule has 0 bridgehead atoms. The molecule has 0 amide bonds. The number of hydrogen-bond donors (Lipinski definition) is 1. The molecule has 0 saturated heterocycles. The third kappa shape index (κ3) is 2.50. The zero-order valence-electron chi connectivity index (χ0n) is 9.94. The van der Waals surface area contributed by atoms with Gasteiger partial charge in [0, 0.05) is 13.1 Å². The second-order valence-electron chi connectivity index (χ2n) is 3.84. The first-order valence-electron chi connectivity index (χ1n) is 5.77. The highest BCUT2D eigenvalue weighted by Gasteiger charge is 2.22. The van der Waals surface area contributed by atoms with Gasteiger partial charge >= 0.3 is 0 Å². The Bertz CT molecular complexity index is 330. The van der Waals surface area contributed by atoms with Gasteiger partial charge in [0.2, 0.25) is 0 Å². The maximum absolute atomic E-state index is 3.41. The number of nitrogens with zero attached hydrogens (tertiary/aromatic N) is 2. The minimum Gasteiger partial charge on any atom is -0.289 e. The van der Waals surface area contributed by atoms with E-state index in [-0.39, 0.29) is 17.0 Å². The molecular weight excluding hydrogens is 266 g/mol. The molecule has 0 spiro atoms. The fraction of sp³-hybridized carbons (Fsp3) is 0.500. The molecule has 16 heavy (non-hydrogen) atoms. The van der Waals surface area contributed by atoms with E-state index in [1.54, 1.807) is 0 Å². The summed E-state index contributed by atoms with van der Waals surface area (Å²) in [6, 6.07) is 8.52. The Morgan fingerprint density at radius 2 is 1.69 bits per heavy atom. The van der Waals surface area contributed by atoms with Crippen molar-refractivity contribution in [3.05, 3.63) is 24.3 Å². The fourth-order valence-corrected chi connectivity index (χ4v) is 1.90. The third-order valence-corrected chi connectivity index (χ3v) is 2.76. The van der Waals surface area contributed by atoms with Gasteiger partial charge < -0.3 is 0 Å². The number of anilines is 2. The molecule has 1 heterocycles. The number of hydrazine groups is 2. The molecule has 4 heteroatoms. The molecule has 1 aliphatic rings. The summed E-state index contributed by atoms with van der Waals surface area (Å²) >= 11 is 0. The first-order valence-corrected chi connectivity index (χ1v) is 5.77. The van der Waals surface area contributed by atoms with Gasteiger partial charge in [0.25, 0.3) is 0 Å². The lowest BCUT2D eigenvalue weighted by Crippen LogP contribution is -2.44. The largest absolute Gasteiger partial charge is 0.289 e. The van der Waals surface area contributed by atoms with Crippen molar-refractivity contribution in [2.24, 2.45) is 0 Å². The summed E-state index contributed by atoms with van der Waals surface area (Å²) < 4.78 is 0. The Morgan fingerprint density at radius 1 is 1.06 bits per heavy atom. The molecule has 90 valence electrons. The van der Waals surface area contributed by atoms with Crippen LogP contribution >= 0.6 is 17.0 Å². The molecule has 0 fully saturated rings. The zero-order valence-corrected chi connectivity index (χ0v) is 11.7. The average molecular weight is 286 g/mol. The summed E-state index contributed by atoms with van der Waals surface area (Å²) in [7, 11) is 0. The van der Waals surface area contributed by atoms with Crippen molar-refractivity contribution in [2.45, 2.75) is 26.7 Å². The van der Waals surface area contributed by atoms with Crippen LogP contribution in [0.3, 0.4) is 0 Å². The van der Waals surface area contributed by atoms with Crippen LogP contribution < -0.4 is 15.6 Å². The molecule has 1 aromatic carbocycles. The van der Waals surface area contributed by atoms with Crippen molar-refractivity contribution >= 4 is 28.4 Å². The number of benzene rings is 1. The quantitative estimate of drug-likeness (QED) is 0.917. The van der Waals surface area contributed by atoms with Crippen molar-refractivity contribution in [1.29, 1.82) is 0 Å². The summed E-state index contributed by atoms with van der Waals surface area (Å²) in [5.74, 6) is 0. The molecule has 0 aromatic heterocycles. The molecule has 0 atom stereocenters. The molecule has 0 aliphatic carbocycles. The summed E-state index contributed by atoms with van der Waals surface area (Å²) in [5, 5.41) is 4.42. The lowest BCUT2D eigenvalue weighted by atomic mass is 10.2. The molecule has 1 N–H and O–H groups in total. The zero-order chi connectivity index (χ0) is 10.7. The van der Waals surface area contributed by atoms with Gasteiger partial charge in [-0.3, -0.25) is 10.0 Å². The number of fused-ring (bicyclic) bond motifs is 1. The number of rotatable bonds is 4. The van der Waals surface area contributed by atoms with E-state index in [1.807, 2.05) is 0 Å². The Labute approximate surface area is 108 Å². The Hall–Kier alpha value is -0.740. The van der Waals surface area contributed by atoms with E-state index >= 15 is 0 Å². The normalized spacial score (nSPS) is 13.6. The highest BCUT2D eigenvalue weighted by Crippen LogP contribution is 2.32. The van der Waals surface area contributed by atoms with E-state index in [4.69, 9.17) is 0 Å². The third-order valence-electron chi connectivity index (χ3n) is 2.76. The van der Waals surface area contributed by atoms with Gasteiger partial charge in [0.1, 0.15) is 0 Å². The number of unbranched alkanes of at least 4 members (excludes halogenated alkanes) is 1. The number of hydrogen-bond acceptors (Lipinski definition) is 3. The first-order chi connectivity index (χ1) is 7.36. The summed E-state index contributed by atoms with van der Waals surface area (Å²) in [6.45, 7) is 6.44. The van der Waals surface area contributed by atoms with Crippen molar-refractivity contribution in [3.8, 4) is 0 Å². The second-order valence-corrected chi connectivity index (χ2v) is 3.84. The van der Waals surface area contributed by atoms with Gasteiger partial charge in [-0.15, -0.1) is 22.5 Å². The van der Waals surface area contributed by atoms with E-state index in [1.165, 1.54) is 24.2 Å². The smallest absolute Gasteiger partial charge is 0.0785 e. The maximum atomic E-state index is 3.41. The SMILES string of the molecule is Br.CCCCN1NN(CC)c2ccccc21. The predicted molar refractivity (Wildman–Crippen MR) is 75.2 cm³/mol. The monoisotopic (exact) mass is 285 g/mol. The molecule has 0 radical (unpaired) electrons. The van der Waals surface area contributed by atoms with Gasteiger partial charge in [-0.05, 0) is 25.5 Å². The van der Waals surface area contributed by atoms with Crippen molar-refractivity contribution in [2.75, 3.05) is 23.1 Å². The van der Waals surface area contributed by atoms with Gasteiger partial charge in [-0.25, -0.2) is 0 Å². The minimum atomic E-state index is 0. The molecule has 2 rings (SSSR count). The summed E-state index contributed by atoms with van der Waals surface area (Å²) in [6.07, 6.45) is 2.45. The Balaban J connectivity index is 0.00000128. The van der Waals surface area contributed by atoms with Crippen LogP contribution in [0.1, 0.15) is 26.7 Å². The predicted octanol–water partition coefficient (Wildman–Crippen LogP) is 3.13. The van der Waals surface area contributed by atoms with Crippen LogP contribution in [0.4, 0.5) is 11.4 Å². The number of nitrogens with one attached hydrogen (secondary N) is 1. The van der Waals surface area contributed by atoms with Crippen LogP contribution in [-0.4, -0.2) is 13.1 Å². The van der Waals surface area contributed by atoms with E-state index in [0.717, 1.165) is 13.1 Å². The molecule has 0 unspecified atom stereocenters. The van der Waals surface area contributed by atoms with Crippen LogP contribution in [-0.2, 0) is 0 Å². The van der Waals surface area contributed by atoms with Gasteiger partial charge in [0.05, 0.1) is 11.4 Å². The fourth-order valence-electron chi connectivity index (χ4n) is 1.90. The van der Waals surface area contributed by atoms with Crippen molar-refractivity contribution in [1.82, 2.24) is 5.53 Å².